The molecule has 0 radical (unpaired) electrons. The van der Waals surface area contributed by atoms with E-state index in [1.54, 1.807) is 18.2 Å². The number of aromatic amines is 1. The quantitative estimate of drug-likeness (QED) is 0.399. The average molecular weight is 408 g/mol. The van der Waals surface area contributed by atoms with Crippen molar-refractivity contribution < 1.29 is 19.0 Å². The van der Waals surface area contributed by atoms with Gasteiger partial charge >= 0.3 is 5.97 Å². The Morgan fingerprint density at radius 3 is 2.41 bits per heavy atom. The summed E-state index contributed by atoms with van der Waals surface area (Å²) < 4.78 is 16.9. The molecule has 0 amide bonds. The van der Waals surface area contributed by atoms with Crippen molar-refractivity contribution in [2.75, 3.05) is 7.11 Å². The second-order valence-corrected chi connectivity index (χ2v) is 6.80. The molecule has 5 nitrogen and oxygen atoms in total. The summed E-state index contributed by atoms with van der Waals surface area (Å²) in [6.07, 6.45) is 0. The van der Waals surface area contributed by atoms with Crippen LogP contribution in [0.3, 0.4) is 0 Å². The van der Waals surface area contributed by atoms with Crippen LogP contribution in [0.5, 0.6) is 17.2 Å². The first kappa shape index (κ1) is 18.9. The third-order valence-corrected chi connectivity index (χ3v) is 4.59. The molecule has 6 heteroatoms. The maximum absolute atomic E-state index is 11.9. The number of esters is 1. The zero-order valence-electron chi connectivity index (χ0n) is 15.6. The highest BCUT2D eigenvalue weighted by atomic mass is 35.5. The summed E-state index contributed by atoms with van der Waals surface area (Å²) in [7, 11) is 1.33. The van der Waals surface area contributed by atoms with Crippen molar-refractivity contribution in [2.45, 2.75) is 6.61 Å². The molecule has 0 aliphatic carbocycles. The van der Waals surface area contributed by atoms with Gasteiger partial charge in [0.1, 0.15) is 18.1 Å². The monoisotopic (exact) mass is 407 g/mol. The van der Waals surface area contributed by atoms with Crippen LogP contribution in [-0.2, 0) is 11.3 Å². The van der Waals surface area contributed by atoms with Crippen molar-refractivity contribution in [3.8, 4) is 17.2 Å². The van der Waals surface area contributed by atoms with Gasteiger partial charge < -0.3 is 19.2 Å². The number of para-hydroxylation sites is 2. The predicted octanol–water partition coefficient (Wildman–Crippen LogP) is 5.98. The van der Waals surface area contributed by atoms with Crippen LogP contribution in [0.1, 0.15) is 16.1 Å². The molecule has 0 saturated heterocycles. The standard InChI is InChI=1S/C23H18ClNO4/c1-27-23(26)19-13-17-18(25-19)11-16(24)12-22(17)29-21-10-6-5-9-20(21)28-14-15-7-3-2-4-8-15/h2-13,25H,14H2,1H3. The van der Waals surface area contributed by atoms with Crippen molar-refractivity contribution in [3.63, 3.8) is 0 Å². The summed E-state index contributed by atoms with van der Waals surface area (Å²) >= 11 is 6.25. The number of halogens is 1. The number of nitrogens with one attached hydrogen (secondary N) is 1. The van der Waals surface area contributed by atoms with Crippen LogP contribution in [0, 0.1) is 0 Å². The molecule has 0 saturated carbocycles. The van der Waals surface area contributed by atoms with Gasteiger partial charge in [-0.1, -0.05) is 54.1 Å². The number of carbonyl (C=O) groups excluding carboxylic acids is 1. The summed E-state index contributed by atoms with van der Waals surface area (Å²) in [5, 5.41) is 1.20. The summed E-state index contributed by atoms with van der Waals surface area (Å²) in [6, 6.07) is 22.4. The minimum absolute atomic E-state index is 0.322. The molecule has 1 N–H and O–H groups in total. The van der Waals surface area contributed by atoms with E-state index in [1.807, 2.05) is 54.6 Å². The number of H-pyrrole nitrogens is 1. The fraction of sp³-hybridized carbons (Fsp3) is 0.0870. The Labute approximate surface area is 172 Å². The summed E-state index contributed by atoms with van der Waals surface area (Å²) in [6.45, 7) is 0.419. The van der Waals surface area contributed by atoms with Gasteiger partial charge in [-0.05, 0) is 29.8 Å². The zero-order chi connectivity index (χ0) is 20.2. The highest BCUT2D eigenvalue weighted by Crippen LogP contribution is 2.37. The average Bonchev–Trinajstić information content (AvgIpc) is 3.17. The van der Waals surface area contributed by atoms with Crippen LogP contribution in [0.15, 0.2) is 72.8 Å². The Morgan fingerprint density at radius 2 is 1.66 bits per heavy atom. The molecule has 0 bridgehead atoms. The minimum Gasteiger partial charge on any atom is -0.485 e. The lowest BCUT2D eigenvalue weighted by Crippen LogP contribution is -2.00. The van der Waals surface area contributed by atoms with Crippen LogP contribution in [0.25, 0.3) is 10.9 Å². The largest absolute Gasteiger partial charge is 0.485 e. The molecule has 0 aliphatic heterocycles. The van der Waals surface area contributed by atoms with E-state index in [0.29, 0.717) is 45.5 Å². The minimum atomic E-state index is -0.463. The number of rotatable bonds is 6. The second-order valence-electron chi connectivity index (χ2n) is 6.36. The topological polar surface area (TPSA) is 60.6 Å². The van der Waals surface area contributed by atoms with Gasteiger partial charge in [0.2, 0.25) is 0 Å². The lowest BCUT2D eigenvalue weighted by Gasteiger charge is -2.13. The molecule has 0 fully saturated rings. The van der Waals surface area contributed by atoms with E-state index in [-0.39, 0.29) is 0 Å². The molecule has 1 heterocycles. The van der Waals surface area contributed by atoms with E-state index >= 15 is 0 Å². The van der Waals surface area contributed by atoms with Crippen molar-refractivity contribution in [1.82, 2.24) is 4.98 Å². The molecule has 0 spiro atoms. The van der Waals surface area contributed by atoms with Gasteiger partial charge in [-0.15, -0.1) is 0 Å². The molecule has 0 unspecified atom stereocenters. The highest BCUT2D eigenvalue weighted by Gasteiger charge is 2.15. The third-order valence-electron chi connectivity index (χ3n) is 4.38. The van der Waals surface area contributed by atoms with E-state index in [0.717, 1.165) is 5.56 Å². The van der Waals surface area contributed by atoms with Crippen molar-refractivity contribution in [3.05, 3.63) is 89.1 Å². The van der Waals surface area contributed by atoms with Gasteiger partial charge in [0, 0.05) is 16.5 Å². The van der Waals surface area contributed by atoms with Crippen LogP contribution >= 0.6 is 11.6 Å². The number of methoxy groups -OCH3 is 1. The first-order valence-corrected chi connectivity index (χ1v) is 9.36. The lowest BCUT2D eigenvalue weighted by molar-refractivity contribution is 0.0595. The number of ether oxygens (including phenoxy) is 3. The third kappa shape index (κ3) is 4.20. The van der Waals surface area contributed by atoms with E-state index < -0.39 is 5.97 Å². The van der Waals surface area contributed by atoms with Gasteiger partial charge in [-0.25, -0.2) is 4.79 Å². The number of hydrogen-bond donors (Lipinski definition) is 1. The normalized spacial score (nSPS) is 10.7. The van der Waals surface area contributed by atoms with Crippen LogP contribution in [0.4, 0.5) is 0 Å². The maximum Gasteiger partial charge on any atom is 0.354 e. The molecule has 0 aliphatic rings. The highest BCUT2D eigenvalue weighted by molar-refractivity contribution is 6.31. The fourth-order valence-corrected chi connectivity index (χ4v) is 3.19. The van der Waals surface area contributed by atoms with Crippen LogP contribution in [-0.4, -0.2) is 18.1 Å². The van der Waals surface area contributed by atoms with Crippen molar-refractivity contribution >= 4 is 28.5 Å². The first-order chi connectivity index (χ1) is 14.1. The Balaban J connectivity index is 1.65. The van der Waals surface area contributed by atoms with Crippen molar-refractivity contribution in [1.29, 1.82) is 0 Å². The zero-order valence-corrected chi connectivity index (χ0v) is 16.4. The lowest BCUT2D eigenvalue weighted by atomic mass is 10.2. The molecule has 146 valence electrons. The van der Waals surface area contributed by atoms with Gasteiger partial charge in [0.25, 0.3) is 0 Å². The number of hydrogen-bond acceptors (Lipinski definition) is 4. The Morgan fingerprint density at radius 1 is 0.931 bits per heavy atom. The van der Waals surface area contributed by atoms with E-state index in [2.05, 4.69) is 4.98 Å². The maximum atomic E-state index is 11.9. The number of carbonyl (C=O) groups is 1. The van der Waals surface area contributed by atoms with E-state index in [4.69, 9.17) is 25.8 Å². The van der Waals surface area contributed by atoms with Gasteiger partial charge in [0.05, 0.1) is 12.6 Å². The Kier molecular flexibility index (Phi) is 5.40. The molecule has 3 aromatic carbocycles. The van der Waals surface area contributed by atoms with Crippen LogP contribution in [0.2, 0.25) is 5.02 Å². The van der Waals surface area contributed by atoms with Crippen molar-refractivity contribution in [2.24, 2.45) is 0 Å². The number of benzene rings is 3. The number of aromatic nitrogens is 1. The molecule has 1 aromatic heterocycles. The summed E-state index contributed by atoms with van der Waals surface area (Å²) in [5.74, 6) is 1.20. The molecule has 4 aromatic rings. The molecule has 4 rings (SSSR count). The first-order valence-electron chi connectivity index (χ1n) is 8.98. The molecule has 0 atom stereocenters. The Hall–Kier alpha value is -3.44. The van der Waals surface area contributed by atoms with E-state index in [9.17, 15) is 4.79 Å². The SMILES string of the molecule is COC(=O)c1cc2c(Oc3ccccc3OCc3ccccc3)cc(Cl)cc2[nH]1. The molecule has 29 heavy (non-hydrogen) atoms. The second kappa shape index (κ2) is 8.29. The van der Waals surface area contributed by atoms with E-state index in [1.165, 1.54) is 7.11 Å². The van der Waals surface area contributed by atoms with Gasteiger partial charge in [-0.2, -0.15) is 0 Å². The predicted molar refractivity (Wildman–Crippen MR) is 112 cm³/mol. The number of fused-ring (bicyclic) bond motifs is 1. The fourth-order valence-electron chi connectivity index (χ4n) is 2.98. The molecular formula is C23H18ClNO4. The van der Waals surface area contributed by atoms with Gasteiger partial charge in [0.15, 0.2) is 11.5 Å². The van der Waals surface area contributed by atoms with Crippen LogP contribution < -0.4 is 9.47 Å². The Bertz CT molecular complexity index is 1150. The van der Waals surface area contributed by atoms with Gasteiger partial charge in [-0.3, -0.25) is 0 Å². The summed E-state index contributed by atoms with van der Waals surface area (Å²) in [4.78, 5) is 14.9. The smallest absolute Gasteiger partial charge is 0.354 e. The summed E-state index contributed by atoms with van der Waals surface area (Å²) in [5.41, 5.74) is 2.06. The molecular weight excluding hydrogens is 390 g/mol.